The minimum Gasteiger partial charge on any atom is -0.488 e. The van der Waals surface area contributed by atoms with E-state index in [2.05, 4.69) is 10.3 Å². The molecule has 0 aliphatic heterocycles. The number of ether oxygens (including phenoxy) is 2. The molecule has 1 amide bonds. The van der Waals surface area contributed by atoms with Crippen LogP contribution in [0, 0.1) is 0 Å². The summed E-state index contributed by atoms with van der Waals surface area (Å²) in [5.41, 5.74) is 0.272. The van der Waals surface area contributed by atoms with Crippen LogP contribution in [-0.2, 0) is 9.84 Å². The molecule has 3 aromatic rings. The Morgan fingerprint density at radius 2 is 1.77 bits per heavy atom. The number of carbonyl (C=O) groups excluding carboxylic acids is 1. The average molecular weight is 463 g/mol. The Bertz CT molecular complexity index is 1140. The van der Waals surface area contributed by atoms with Crippen LogP contribution in [0.15, 0.2) is 58.9 Å². The number of amides is 1. The van der Waals surface area contributed by atoms with Crippen molar-refractivity contribution in [1.82, 2.24) is 4.98 Å². The number of hydrogen-bond donors (Lipinski definition) is 2. The Morgan fingerprint density at radius 3 is 2.35 bits per heavy atom. The molecular weight excluding hydrogens is 440 g/mol. The molecule has 1 aromatic heterocycles. The fraction of sp³-hybridized carbons (Fsp3) is 0.238. The van der Waals surface area contributed by atoms with E-state index in [0.29, 0.717) is 22.4 Å². The number of aromatic nitrogens is 1. The number of thiazole rings is 1. The number of nitrogens with zero attached hydrogens (tertiary/aromatic N) is 1. The van der Waals surface area contributed by atoms with Crippen molar-refractivity contribution in [2.24, 2.45) is 0 Å². The molecule has 0 radical (unpaired) electrons. The van der Waals surface area contributed by atoms with Crippen molar-refractivity contribution in [2.75, 3.05) is 11.6 Å². The van der Waals surface area contributed by atoms with Crippen molar-refractivity contribution in [2.45, 2.75) is 31.0 Å². The van der Waals surface area contributed by atoms with Crippen molar-refractivity contribution in [3.05, 3.63) is 59.6 Å². The summed E-state index contributed by atoms with van der Waals surface area (Å²) in [5.74, 6) is 0.636. The molecule has 2 aromatic carbocycles. The van der Waals surface area contributed by atoms with E-state index in [-0.39, 0.29) is 10.5 Å². The number of benzene rings is 2. The molecule has 1 heterocycles. The molecule has 8 nitrogen and oxygen atoms in total. The van der Waals surface area contributed by atoms with Crippen LogP contribution in [0.4, 0.5) is 5.13 Å². The number of carbonyl (C=O) groups is 1. The van der Waals surface area contributed by atoms with Gasteiger partial charge in [-0.3, -0.25) is 10.1 Å². The first-order valence-corrected chi connectivity index (χ1v) is 12.1. The van der Waals surface area contributed by atoms with Gasteiger partial charge in [0.15, 0.2) is 15.0 Å². The number of aliphatic hydroxyl groups is 1. The lowest BCUT2D eigenvalue weighted by Gasteiger charge is -2.18. The second-order valence-corrected chi connectivity index (χ2v) is 9.80. The third kappa shape index (κ3) is 6.27. The lowest BCUT2D eigenvalue weighted by molar-refractivity contribution is 0.0602. The molecule has 2 unspecified atom stereocenters. The van der Waals surface area contributed by atoms with E-state index in [1.54, 1.807) is 37.6 Å². The second kappa shape index (κ2) is 9.46. The molecular formula is C21H22N2O6S2. The van der Waals surface area contributed by atoms with Crippen LogP contribution in [0.25, 0.3) is 0 Å². The van der Waals surface area contributed by atoms with Gasteiger partial charge in [-0.05, 0) is 50.2 Å². The maximum Gasteiger partial charge on any atom is 0.257 e. The lowest BCUT2D eigenvalue weighted by atomic mass is 10.1. The molecule has 2 N–H and O–H groups in total. The zero-order chi connectivity index (χ0) is 22.6. The van der Waals surface area contributed by atoms with Gasteiger partial charge >= 0.3 is 0 Å². The largest absolute Gasteiger partial charge is 0.488 e. The van der Waals surface area contributed by atoms with E-state index in [1.807, 2.05) is 0 Å². The van der Waals surface area contributed by atoms with Gasteiger partial charge in [0.2, 0.25) is 0 Å². The third-order valence-corrected chi connectivity index (χ3v) is 6.10. The summed E-state index contributed by atoms with van der Waals surface area (Å²) in [7, 11) is -3.32. The number of aliphatic hydroxyl groups excluding tert-OH is 1. The smallest absolute Gasteiger partial charge is 0.257 e. The normalized spacial score (nSPS) is 13.3. The standard InChI is InChI=1S/C21H22N2O6S2/c1-13(24)14(2)28-17-10-15(20(25)23-21-22-8-9-30-21)11-18(12-17)29-16-4-6-19(7-5-16)31(3,26)27/h4-14,24H,1-3H3,(H,22,23,25). The summed E-state index contributed by atoms with van der Waals surface area (Å²) >= 11 is 1.29. The van der Waals surface area contributed by atoms with Gasteiger partial charge in [0.25, 0.3) is 5.91 Å². The summed E-state index contributed by atoms with van der Waals surface area (Å²) in [6, 6.07) is 10.6. The van der Waals surface area contributed by atoms with E-state index in [4.69, 9.17) is 9.47 Å². The van der Waals surface area contributed by atoms with Crippen LogP contribution in [0.5, 0.6) is 17.2 Å². The van der Waals surface area contributed by atoms with Gasteiger partial charge < -0.3 is 14.6 Å². The number of sulfone groups is 1. The molecule has 0 aliphatic rings. The van der Waals surface area contributed by atoms with E-state index in [1.165, 1.54) is 41.7 Å². The van der Waals surface area contributed by atoms with Gasteiger partial charge in [0, 0.05) is 29.5 Å². The summed E-state index contributed by atoms with van der Waals surface area (Å²) in [5, 5.41) is 14.6. The van der Waals surface area contributed by atoms with Crippen LogP contribution in [0.2, 0.25) is 0 Å². The minimum absolute atomic E-state index is 0.172. The highest BCUT2D eigenvalue weighted by atomic mass is 32.2. The Balaban J connectivity index is 1.89. The fourth-order valence-electron chi connectivity index (χ4n) is 2.49. The zero-order valence-corrected chi connectivity index (χ0v) is 18.7. The van der Waals surface area contributed by atoms with Gasteiger partial charge in [-0.15, -0.1) is 11.3 Å². The Kier molecular flexibility index (Phi) is 6.94. The van der Waals surface area contributed by atoms with Crippen LogP contribution in [-0.4, -0.2) is 42.9 Å². The monoisotopic (exact) mass is 462 g/mol. The highest BCUT2D eigenvalue weighted by Crippen LogP contribution is 2.29. The van der Waals surface area contributed by atoms with Gasteiger partial charge in [0.1, 0.15) is 23.4 Å². The van der Waals surface area contributed by atoms with E-state index >= 15 is 0 Å². The Labute approximate surface area is 184 Å². The first-order chi connectivity index (χ1) is 14.6. The topological polar surface area (TPSA) is 115 Å². The average Bonchev–Trinajstić information content (AvgIpc) is 3.20. The third-order valence-electron chi connectivity index (χ3n) is 4.28. The van der Waals surface area contributed by atoms with Gasteiger partial charge in [-0.1, -0.05) is 0 Å². The molecule has 164 valence electrons. The molecule has 0 fully saturated rings. The number of nitrogens with one attached hydrogen (secondary N) is 1. The van der Waals surface area contributed by atoms with Crippen LogP contribution in [0.1, 0.15) is 24.2 Å². The molecule has 2 atom stereocenters. The van der Waals surface area contributed by atoms with Crippen molar-refractivity contribution in [3.63, 3.8) is 0 Å². The minimum atomic E-state index is -3.32. The summed E-state index contributed by atoms with van der Waals surface area (Å²) in [4.78, 5) is 16.9. The maximum absolute atomic E-state index is 12.7. The molecule has 31 heavy (non-hydrogen) atoms. The molecule has 0 bridgehead atoms. The summed E-state index contributed by atoms with van der Waals surface area (Å²) < 4.78 is 34.8. The number of anilines is 1. The molecule has 0 aliphatic carbocycles. The van der Waals surface area contributed by atoms with Gasteiger partial charge in [0.05, 0.1) is 11.0 Å². The van der Waals surface area contributed by atoms with Crippen LogP contribution >= 0.6 is 11.3 Å². The molecule has 0 saturated heterocycles. The summed E-state index contributed by atoms with van der Waals surface area (Å²) in [6.07, 6.45) is 1.47. The quantitative estimate of drug-likeness (QED) is 0.524. The second-order valence-electron chi connectivity index (χ2n) is 6.89. The fourth-order valence-corrected chi connectivity index (χ4v) is 3.64. The van der Waals surface area contributed by atoms with E-state index < -0.39 is 28.0 Å². The van der Waals surface area contributed by atoms with Crippen LogP contribution in [0.3, 0.4) is 0 Å². The highest BCUT2D eigenvalue weighted by Gasteiger charge is 2.16. The van der Waals surface area contributed by atoms with Crippen molar-refractivity contribution >= 4 is 32.2 Å². The predicted molar refractivity (Wildman–Crippen MR) is 118 cm³/mol. The predicted octanol–water partition coefficient (Wildman–Crippen LogP) is 3.74. The Hall–Kier alpha value is -2.95. The van der Waals surface area contributed by atoms with Crippen molar-refractivity contribution < 1.29 is 27.8 Å². The van der Waals surface area contributed by atoms with E-state index in [0.717, 1.165) is 6.26 Å². The zero-order valence-electron chi connectivity index (χ0n) is 17.1. The van der Waals surface area contributed by atoms with Gasteiger partial charge in [-0.25, -0.2) is 13.4 Å². The number of hydrogen-bond acceptors (Lipinski definition) is 8. The first-order valence-electron chi connectivity index (χ1n) is 9.30. The maximum atomic E-state index is 12.7. The van der Waals surface area contributed by atoms with Crippen LogP contribution < -0.4 is 14.8 Å². The molecule has 0 saturated carbocycles. The lowest BCUT2D eigenvalue weighted by Crippen LogP contribution is -2.25. The molecule has 10 heteroatoms. The van der Waals surface area contributed by atoms with Gasteiger partial charge in [-0.2, -0.15) is 0 Å². The summed E-state index contributed by atoms with van der Waals surface area (Å²) in [6.45, 7) is 3.31. The highest BCUT2D eigenvalue weighted by molar-refractivity contribution is 7.90. The number of rotatable bonds is 8. The SMILES string of the molecule is CC(O)C(C)Oc1cc(Oc2ccc(S(C)(=O)=O)cc2)cc(C(=O)Nc2nccs2)c1. The Morgan fingerprint density at radius 1 is 1.10 bits per heavy atom. The van der Waals surface area contributed by atoms with Crippen molar-refractivity contribution in [1.29, 1.82) is 0 Å². The molecule has 0 spiro atoms. The van der Waals surface area contributed by atoms with E-state index in [9.17, 15) is 18.3 Å². The van der Waals surface area contributed by atoms with Crippen molar-refractivity contribution in [3.8, 4) is 17.2 Å². The molecule has 3 rings (SSSR count). The first kappa shape index (κ1) is 22.7.